The summed E-state index contributed by atoms with van der Waals surface area (Å²) >= 11 is 0. The van der Waals surface area contributed by atoms with E-state index in [1.165, 1.54) is 18.2 Å². The molecule has 0 radical (unpaired) electrons. The Morgan fingerprint density at radius 2 is 1.91 bits per heavy atom. The Kier molecular flexibility index (Phi) is 6.59. The second-order valence-corrected chi connectivity index (χ2v) is 9.26. The zero-order valence-electron chi connectivity index (χ0n) is 12.8. The smallest absolute Gasteiger partial charge is 0.240 e. The largest absolute Gasteiger partial charge is 0.316 e. The van der Waals surface area contributed by atoms with Crippen molar-refractivity contribution >= 4 is 32.5 Å². The Bertz CT molecular complexity index is 744. The van der Waals surface area contributed by atoms with Crippen LogP contribution in [0.3, 0.4) is 0 Å². The van der Waals surface area contributed by atoms with Gasteiger partial charge in [-0.15, -0.1) is 12.4 Å². The molecule has 4 N–H and O–H groups in total. The molecule has 1 heterocycles. The van der Waals surface area contributed by atoms with Gasteiger partial charge in [0.2, 0.25) is 20.0 Å². The highest BCUT2D eigenvalue weighted by atomic mass is 35.5. The van der Waals surface area contributed by atoms with Crippen LogP contribution in [-0.4, -0.2) is 36.5 Å². The van der Waals surface area contributed by atoms with Crippen molar-refractivity contribution in [2.24, 2.45) is 10.6 Å². The molecule has 1 unspecified atom stereocenters. The van der Waals surface area contributed by atoms with E-state index in [4.69, 9.17) is 5.14 Å². The van der Waals surface area contributed by atoms with Crippen molar-refractivity contribution in [3.63, 3.8) is 0 Å². The SMILES string of the molecule is CC1(CNS(=O)(=O)c2cccc(S(N)(=O)=O)c2)CCCNC1.Cl. The second-order valence-electron chi connectivity index (χ2n) is 5.94. The van der Waals surface area contributed by atoms with Crippen molar-refractivity contribution in [2.45, 2.75) is 29.6 Å². The van der Waals surface area contributed by atoms with E-state index in [1.54, 1.807) is 0 Å². The van der Waals surface area contributed by atoms with Crippen molar-refractivity contribution in [3.05, 3.63) is 24.3 Å². The van der Waals surface area contributed by atoms with Gasteiger partial charge >= 0.3 is 0 Å². The molecule has 1 fully saturated rings. The molecule has 0 amide bonds. The summed E-state index contributed by atoms with van der Waals surface area (Å²) in [7, 11) is -7.71. The van der Waals surface area contributed by atoms with Crippen molar-refractivity contribution in [1.82, 2.24) is 10.0 Å². The molecule has 0 bridgehead atoms. The zero-order valence-corrected chi connectivity index (χ0v) is 15.2. The maximum absolute atomic E-state index is 12.3. The lowest BCUT2D eigenvalue weighted by atomic mass is 9.83. The Morgan fingerprint density at radius 1 is 1.26 bits per heavy atom. The predicted molar refractivity (Wildman–Crippen MR) is 90.5 cm³/mol. The molecule has 0 aromatic heterocycles. The summed E-state index contributed by atoms with van der Waals surface area (Å²) in [5, 5.41) is 8.28. The van der Waals surface area contributed by atoms with Crippen molar-refractivity contribution in [2.75, 3.05) is 19.6 Å². The van der Waals surface area contributed by atoms with Crippen LogP contribution in [0.15, 0.2) is 34.1 Å². The molecule has 23 heavy (non-hydrogen) atoms. The molecule has 1 aliphatic heterocycles. The van der Waals surface area contributed by atoms with E-state index in [0.29, 0.717) is 6.54 Å². The van der Waals surface area contributed by atoms with Gasteiger partial charge in [0, 0.05) is 13.1 Å². The van der Waals surface area contributed by atoms with Crippen molar-refractivity contribution < 1.29 is 16.8 Å². The van der Waals surface area contributed by atoms with Crippen molar-refractivity contribution in [1.29, 1.82) is 0 Å². The van der Waals surface area contributed by atoms with Crippen LogP contribution in [0.5, 0.6) is 0 Å². The fourth-order valence-electron chi connectivity index (χ4n) is 2.44. The molecule has 1 atom stereocenters. The Labute approximate surface area is 143 Å². The molecule has 1 aromatic carbocycles. The molecule has 10 heteroatoms. The van der Waals surface area contributed by atoms with Gasteiger partial charge in [-0.25, -0.2) is 26.7 Å². The summed E-state index contributed by atoms with van der Waals surface area (Å²) in [5.74, 6) is 0. The van der Waals surface area contributed by atoms with Gasteiger partial charge < -0.3 is 5.32 Å². The first-order valence-electron chi connectivity index (χ1n) is 6.96. The standard InChI is InChI=1S/C13H21N3O4S2.ClH/c1-13(6-3-7-15-9-13)10-16-22(19,20)12-5-2-4-11(8-12)21(14,17)18;/h2,4-5,8,15-16H,3,6-7,9-10H2,1H3,(H2,14,17,18);1H. The quantitative estimate of drug-likeness (QED) is 0.681. The van der Waals surface area contributed by atoms with E-state index in [9.17, 15) is 16.8 Å². The molecular weight excluding hydrogens is 362 g/mol. The first-order chi connectivity index (χ1) is 10.1. The van der Waals surface area contributed by atoms with E-state index >= 15 is 0 Å². The molecule has 0 aliphatic carbocycles. The fourth-order valence-corrected chi connectivity index (χ4v) is 4.32. The average molecular weight is 384 g/mol. The maximum Gasteiger partial charge on any atom is 0.240 e. The molecule has 132 valence electrons. The number of nitrogens with two attached hydrogens (primary N) is 1. The number of nitrogens with one attached hydrogen (secondary N) is 2. The lowest BCUT2D eigenvalue weighted by molar-refractivity contribution is 0.238. The number of sulfonamides is 2. The zero-order chi connectivity index (χ0) is 16.4. The summed E-state index contributed by atoms with van der Waals surface area (Å²) < 4.78 is 49.9. The van der Waals surface area contributed by atoms with E-state index in [-0.39, 0.29) is 27.6 Å². The van der Waals surface area contributed by atoms with E-state index < -0.39 is 20.0 Å². The van der Waals surface area contributed by atoms with Gasteiger partial charge in [0.1, 0.15) is 0 Å². The Balaban J connectivity index is 0.00000264. The lowest BCUT2D eigenvalue weighted by Crippen LogP contribution is -2.45. The van der Waals surface area contributed by atoms with Crippen LogP contribution in [-0.2, 0) is 20.0 Å². The van der Waals surface area contributed by atoms with Crippen LogP contribution >= 0.6 is 12.4 Å². The molecule has 7 nitrogen and oxygen atoms in total. The molecule has 1 saturated heterocycles. The molecule has 0 spiro atoms. The van der Waals surface area contributed by atoms with Gasteiger partial charge in [-0.2, -0.15) is 0 Å². The van der Waals surface area contributed by atoms with E-state index in [1.807, 2.05) is 6.92 Å². The molecule has 1 aliphatic rings. The molecule has 2 rings (SSSR count). The minimum absolute atomic E-state index is 0. The fraction of sp³-hybridized carbons (Fsp3) is 0.538. The highest BCUT2D eigenvalue weighted by Crippen LogP contribution is 2.25. The Hall–Kier alpha value is -0.710. The third-order valence-corrected chi connectivity index (χ3v) is 6.13. The lowest BCUT2D eigenvalue weighted by Gasteiger charge is -2.34. The normalized spacial score (nSPS) is 22.3. The van der Waals surface area contributed by atoms with Crippen LogP contribution in [0.2, 0.25) is 0 Å². The molecule has 1 aromatic rings. The first kappa shape index (κ1) is 20.3. The topological polar surface area (TPSA) is 118 Å². The number of rotatable bonds is 5. The van der Waals surface area contributed by atoms with Crippen LogP contribution in [0.1, 0.15) is 19.8 Å². The van der Waals surface area contributed by atoms with E-state index in [0.717, 1.165) is 32.0 Å². The highest BCUT2D eigenvalue weighted by molar-refractivity contribution is 7.90. The summed E-state index contributed by atoms with van der Waals surface area (Å²) in [6.07, 6.45) is 1.93. The number of halogens is 1. The van der Waals surface area contributed by atoms with Gasteiger partial charge in [-0.1, -0.05) is 13.0 Å². The summed E-state index contributed by atoms with van der Waals surface area (Å²) in [6, 6.07) is 5.04. The average Bonchev–Trinajstić information content (AvgIpc) is 2.46. The Morgan fingerprint density at radius 3 is 2.48 bits per heavy atom. The highest BCUT2D eigenvalue weighted by Gasteiger charge is 2.29. The van der Waals surface area contributed by atoms with Crippen LogP contribution < -0.4 is 15.2 Å². The van der Waals surface area contributed by atoms with Gasteiger partial charge in [0.15, 0.2) is 0 Å². The van der Waals surface area contributed by atoms with Crippen LogP contribution in [0.4, 0.5) is 0 Å². The van der Waals surface area contributed by atoms with Crippen LogP contribution in [0.25, 0.3) is 0 Å². The second kappa shape index (κ2) is 7.45. The minimum atomic E-state index is -3.94. The number of piperidine rings is 1. The van der Waals surface area contributed by atoms with Gasteiger partial charge in [-0.3, -0.25) is 0 Å². The predicted octanol–water partition coefficient (Wildman–Crippen LogP) is 0.424. The number of benzene rings is 1. The summed E-state index contributed by atoms with van der Waals surface area (Å²) in [5.41, 5.74) is -0.150. The maximum atomic E-state index is 12.3. The van der Waals surface area contributed by atoms with Crippen molar-refractivity contribution in [3.8, 4) is 0 Å². The van der Waals surface area contributed by atoms with Gasteiger partial charge in [0.05, 0.1) is 9.79 Å². The molecule has 0 saturated carbocycles. The third-order valence-electron chi connectivity index (χ3n) is 3.82. The van der Waals surface area contributed by atoms with E-state index in [2.05, 4.69) is 10.0 Å². The third kappa shape index (κ3) is 5.40. The summed E-state index contributed by atoms with van der Waals surface area (Å²) in [6.45, 7) is 4.00. The first-order valence-corrected chi connectivity index (χ1v) is 9.99. The van der Waals surface area contributed by atoms with Gasteiger partial charge in [-0.05, 0) is 43.0 Å². The number of hydrogen-bond donors (Lipinski definition) is 3. The molecular formula is C13H22ClN3O4S2. The minimum Gasteiger partial charge on any atom is -0.316 e. The van der Waals surface area contributed by atoms with Crippen LogP contribution in [0, 0.1) is 5.41 Å². The summed E-state index contributed by atoms with van der Waals surface area (Å²) in [4.78, 5) is -0.327. The van der Waals surface area contributed by atoms with Gasteiger partial charge in [0.25, 0.3) is 0 Å². The number of hydrogen-bond acceptors (Lipinski definition) is 5. The monoisotopic (exact) mass is 383 g/mol. The number of primary sulfonamides is 1.